The lowest BCUT2D eigenvalue weighted by Gasteiger charge is -2.18. The lowest BCUT2D eigenvalue weighted by atomic mass is 9.86. The lowest BCUT2D eigenvalue weighted by molar-refractivity contribution is 1.59. The van der Waals surface area contributed by atoms with Crippen LogP contribution >= 0.6 is 0 Å². The Bertz CT molecular complexity index is 3650. The van der Waals surface area contributed by atoms with Crippen LogP contribution in [0.3, 0.4) is 0 Å². The van der Waals surface area contributed by atoms with Gasteiger partial charge in [0.05, 0.1) is 0 Å². The van der Waals surface area contributed by atoms with Gasteiger partial charge in [-0.2, -0.15) is 0 Å². The van der Waals surface area contributed by atoms with Crippen LogP contribution < -0.4 is 0 Å². The second-order valence-corrected chi connectivity index (χ2v) is 16.4. The summed E-state index contributed by atoms with van der Waals surface area (Å²) in [5.41, 5.74) is 14.7. The fourth-order valence-electron chi connectivity index (χ4n) is 9.69. The van der Waals surface area contributed by atoms with Gasteiger partial charge in [0.25, 0.3) is 0 Å². The Morgan fingerprint density at radius 3 is 1.23 bits per heavy atom. The molecule has 0 radical (unpaired) electrons. The largest absolute Gasteiger partial charge is 0.0622 e. The van der Waals surface area contributed by atoms with E-state index >= 15 is 0 Å². The summed E-state index contributed by atoms with van der Waals surface area (Å²) in [7, 11) is 0. The number of hydrogen-bond acceptors (Lipinski definition) is 0. The van der Waals surface area contributed by atoms with Crippen molar-refractivity contribution in [3.63, 3.8) is 0 Å². The van der Waals surface area contributed by atoms with Crippen molar-refractivity contribution in [1.29, 1.82) is 0 Å². The highest BCUT2D eigenvalue weighted by molar-refractivity contribution is 6.24. The number of hydrogen-bond donors (Lipinski definition) is 0. The molecule has 0 saturated heterocycles. The van der Waals surface area contributed by atoms with Gasteiger partial charge in [-0.1, -0.05) is 206 Å². The molecule has 0 aliphatic heterocycles. The first kappa shape index (κ1) is 35.8. The second-order valence-electron chi connectivity index (χ2n) is 16.4. The molecule has 0 atom stereocenters. The molecule has 12 rings (SSSR count). The van der Waals surface area contributed by atoms with Crippen molar-refractivity contribution < 1.29 is 0 Å². The number of benzene rings is 12. The van der Waals surface area contributed by atoms with Crippen LogP contribution in [0.1, 0.15) is 0 Å². The Hall–Kier alpha value is -8.06. The predicted octanol–water partition coefficient (Wildman–Crippen LogP) is 17.5. The summed E-state index contributed by atoms with van der Waals surface area (Å²) in [4.78, 5) is 0. The van der Waals surface area contributed by atoms with Crippen LogP contribution in [0.15, 0.2) is 243 Å². The maximum atomic E-state index is 2.44. The number of fused-ring (bicyclic) bond motifs is 7. The van der Waals surface area contributed by atoms with Gasteiger partial charge in [0.2, 0.25) is 0 Å². The molecule has 0 N–H and O–H groups in total. The van der Waals surface area contributed by atoms with Gasteiger partial charge in [0, 0.05) is 0 Å². The van der Waals surface area contributed by atoms with Crippen molar-refractivity contribution >= 4 is 53.9 Å². The zero-order valence-electron chi connectivity index (χ0n) is 34.1. The van der Waals surface area contributed by atoms with Crippen molar-refractivity contribution in [2.24, 2.45) is 0 Å². The number of rotatable bonds is 6. The van der Waals surface area contributed by atoms with Gasteiger partial charge in [-0.3, -0.25) is 0 Å². The molecule has 0 amide bonds. The van der Waals surface area contributed by atoms with E-state index in [-0.39, 0.29) is 0 Å². The Morgan fingerprint density at radius 1 is 0.145 bits per heavy atom. The summed E-state index contributed by atoms with van der Waals surface area (Å²) in [6, 6.07) is 89.4. The molecule has 0 aliphatic rings. The average Bonchev–Trinajstić information content (AvgIpc) is 3.35. The zero-order chi connectivity index (χ0) is 41.0. The molecule has 0 saturated carbocycles. The van der Waals surface area contributed by atoms with Crippen molar-refractivity contribution in [3.8, 4) is 66.8 Å². The van der Waals surface area contributed by atoms with Crippen LogP contribution in [0.5, 0.6) is 0 Å². The first-order chi connectivity index (χ1) is 30.7. The second kappa shape index (κ2) is 14.9. The van der Waals surface area contributed by atoms with E-state index in [1.165, 1.54) is 121 Å². The highest BCUT2D eigenvalue weighted by atomic mass is 14.2. The smallest absolute Gasteiger partial charge is 0.00923 e. The molecule has 0 aliphatic carbocycles. The van der Waals surface area contributed by atoms with Gasteiger partial charge in [0.15, 0.2) is 0 Å². The highest BCUT2D eigenvalue weighted by Crippen LogP contribution is 2.44. The average molecular weight is 785 g/mol. The molecule has 0 unspecified atom stereocenters. The molecule has 0 nitrogen and oxygen atoms in total. The SMILES string of the molecule is c1ccc(-c2cc3c4ccc(-c5ccc6ccccc6c5)cc4c(-c4ccccc4)cc3c3ccc(-c4ccc(-c5cccc(-c6cccc7ccccc67)c5)cc4)cc23)cc1. The molecule has 0 heteroatoms. The lowest BCUT2D eigenvalue weighted by Crippen LogP contribution is -1.91. The van der Waals surface area contributed by atoms with Crippen LogP contribution in [0.4, 0.5) is 0 Å². The van der Waals surface area contributed by atoms with Crippen LogP contribution in [0.2, 0.25) is 0 Å². The van der Waals surface area contributed by atoms with Crippen molar-refractivity contribution in [2.45, 2.75) is 0 Å². The molecule has 12 aromatic rings. The minimum Gasteiger partial charge on any atom is -0.0622 e. The Labute approximate surface area is 361 Å². The van der Waals surface area contributed by atoms with E-state index in [1.807, 2.05) is 0 Å². The first-order valence-corrected chi connectivity index (χ1v) is 21.5. The molecular weight excluding hydrogens is 745 g/mol. The van der Waals surface area contributed by atoms with Gasteiger partial charge in [-0.05, 0) is 157 Å². The van der Waals surface area contributed by atoms with Crippen LogP contribution in [-0.4, -0.2) is 0 Å². The molecule has 12 aromatic carbocycles. The molecule has 0 bridgehead atoms. The molecule has 62 heavy (non-hydrogen) atoms. The van der Waals surface area contributed by atoms with E-state index in [0.717, 1.165) is 0 Å². The molecule has 0 spiro atoms. The summed E-state index contributed by atoms with van der Waals surface area (Å²) in [5.74, 6) is 0. The fraction of sp³-hybridized carbons (Fsp3) is 0. The van der Waals surface area contributed by atoms with E-state index in [4.69, 9.17) is 0 Å². The first-order valence-electron chi connectivity index (χ1n) is 21.5. The van der Waals surface area contributed by atoms with Crippen molar-refractivity contribution in [2.75, 3.05) is 0 Å². The normalized spacial score (nSPS) is 11.5. The third kappa shape index (κ3) is 6.24. The molecule has 0 heterocycles. The standard InChI is InChI=1S/C62H40/c1-3-14-45(15-4-1)57-39-62-56-34-32-51(49-30-29-41-13-7-8-19-47(41)35-49)38-60(56)58(46-16-5-2-6-17-46)40-61(62)55-33-31-50(37-59(55)57)43-27-25-42(26-28-43)48-21-11-22-52(36-48)54-24-12-20-44-18-9-10-23-53(44)54/h1-40H. The summed E-state index contributed by atoms with van der Waals surface area (Å²) in [5, 5.41) is 12.6. The van der Waals surface area contributed by atoms with E-state index in [1.54, 1.807) is 0 Å². The third-order valence-electron chi connectivity index (χ3n) is 12.8. The van der Waals surface area contributed by atoms with E-state index in [0.29, 0.717) is 0 Å². The summed E-state index contributed by atoms with van der Waals surface area (Å²) in [6.45, 7) is 0. The minimum absolute atomic E-state index is 1.20. The predicted molar refractivity (Wildman–Crippen MR) is 267 cm³/mol. The summed E-state index contributed by atoms with van der Waals surface area (Å²) >= 11 is 0. The third-order valence-corrected chi connectivity index (χ3v) is 12.8. The van der Waals surface area contributed by atoms with E-state index in [2.05, 4.69) is 243 Å². The Kier molecular flexibility index (Phi) is 8.61. The van der Waals surface area contributed by atoms with Gasteiger partial charge in [0.1, 0.15) is 0 Å². The van der Waals surface area contributed by atoms with Gasteiger partial charge >= 0.3 is 0 Å². The molecule has 0 fully saturated rings. The Morgan fingerprint density at radius 2 is 0.581 bits per heavy atom. The monoisotopic (exact) mass is 784 g/mol. The molecule has 288 valence electrons. The van der Waals surface area contributed by atoms with Crippen molar-refractivity contribution in [1.82, 2.24) is 0 Å². The molecule has 0 aromatic heterocycles. The zero-order valence-corrected chi connectivity index (χ0v) is 34.1. The van der Waals surface area contributed by atoms with E-state index in [9.17, 15) is 0 Å². The van der Waals surface area contributed by atoms with E-state index < -0.39 is 0 Å². The fourth-order valence-corrected chi connectivity index (χ4v) is 9.69. The maximum absolute atomic E-state index is 2.44. The molecular formula is C62H40. The summed E-state index contributed by atoms with van der Waals surface area (Å²) in [6.07, 6.45) is 0. The van der Waals surface area contributed by atoms with Gasteiger partial charge in [-0.25, -0.2) is 0 Å². The summed E-state index contributed by atoms with van der Waals surface area (Å²) < 4.78 is 0. The topological polar surface area (TPSA) is 0 Å². The maximum Gasteiger partial charge on any atom is -0.00923 e. The van der Waals surface area contributed by atoms with Gasteiger partial charge < -0.3 is 0 Å². The minimum atomic E-state index is 1.20. The van der Waals surface area contributed by atoms with Crippen molar-refractivity contribution in [3.05, 3.63) is 243 Å². The highest BCUT2D eigenvalue weighted by Gasteiger charge is 2.17. The van der Waals surface area contributed by atoms with Crippen LogP contribution in [0, 0.1) is 0 Å². The quantitative estimate of drug-likeness (QED) is 0.147. The van der Waals surface area contributed by atoms with Crippen LogP contribution in [-0.2, 0) is 0 Å². The van der Waals surface area contributed by atoms with Crippen LogP contribution in [0.25, 0.3) is 121 Å². The Balaban J connectivity index is 1.00. The van der Waals surface area contributed by atoms with Gasteiger partial charge in [-0.15, -0.1) is 0 Å².